The molecule has 0 spiro atoms. The fraction of sp³-hybridized carbons (Fsp3) is 0.611. The first kappa shape index (κ1) is 21.6. The van der Waals surface area contributed by atoms with Crippen LogP contribution in [-0.2, 0) is 9.31 Å². The summed E-state index contributed by atoms with van der Waals surface area (Å²) >= 11 is 0. The fourth-order valence-electron chi connectivity index (χ4n) is 2.75. The van der Waals surface area contributed by atoms with Crippen LogP contribution in [0.4, 0.5) is 13.2 Å². The van der Waals surface area contributed by atoms with Crippen LogP contribution < -0.4 is 9.47 Å². The van der Waals surface area contributed by atoms with Crippen molar-refractivity contribution in [3.8, 4) is 11.5 Å². The van der Waals surface area contributed by atoms with Crippen molar-refractivity contribution >= 4 is 12.9 Å². The quantitative estimate of drug-likeness (QED) is 0.537. The molecule has 2 rings (SSSR count). The average Bonchev–Trinajstić information content (AvgIpc) is 2.77. The molecule has 27 heavy (non-hydrogen) atoms. The molecule has 0 saturated carbocycles. The number of hydrogen-bond acceptors (Lipinski definition) is 5. The highest BCUT2D eigenvalue weighted by Crippen LogP contribution is 2.46. The van der Waals surface area contributed by atoms with Gasteiger partial charge in [0.1, 0.15) is 0 Å². The highest BCUT2D eigenvalue weighted by atomic mass is 19.4. The SMILES string of the molecule is COc1ccc(C(=O)C[C@H](B2OC(C)(C)C(C)(C)O2)C(F)(F)F)cc1OC. The molecule has 1 saturated heterocycles. The Kier molecular flexibility index (Phi) is 5.87. The zero-order chi connectivity index (χ0) is 20.6. The largest absolute Gasteiger partial charge is 0.493 e. The second-order valence-electron chi connectivity index (χ2n) is 7.47. The van der Waals surface area contributed by atoms with Crippen LogP contribution in [0.25, 0.3) is 0 Å². The van der Waals surface area contributed by atoms with E-state index in [4.69, 9.17) is 18.8 Å². The Morgan fingerprint density at radius 3 is 2.04 bits per heavy atom. The summed E-state index contributed by atoms with van der Waals surface area (Å²) in [4.78, 5) is 12.5. The number of ketones is 1. The molecule has 150 valence electrons. The van der Waals surface area contributed by atoms with E-state index in [0.717, 1.165) is 0 Å². The number of rotatable bonds is 6. The van der Waals surface area contributed by atoms with E-state index in [-0.39, 0.29) is 11.3 Å². The monoisotopic (exact) mass is 388 g/mol. The van der Waals surface area contributed by atoms with Crippen molar-refractivity contribution in [2.45, 2.75) is 57.3 Å². The molecule has 1 heterocycles. The van der Waals surface area contributed by atoms with Gasteiger partial charge in [0.25, 0.3) is 0 Å². The van der Waals surface area contributed by atoms with Gasteiger partial charge in [0.2, 0.25) is 0 Å². The van der Waals surface area contributed by atoms with Crippen LogP contribution in [0.1, 0.15) is 44.5 Å². The topological polar surface area (TPSA) is 54.0 Å². The lowest BCUT2D eigenvalue weighted by Gasteiger charge is -2.32. The van der Waals surface area contributed by atoms with Gasteiger partial charge < -0.3 is 18.8 Å². The van der Waals surface area contributed by atoms with Gasteiger partial charge in [-0.05, 0) is 45.9 Å². The predicted molar refractivity (Wildman–Crippen MR) is 94.4 cm³/mol. The highest BCUT2D eigenvalue weighted by Gasteiger charge is 2.60. The molecule has 0 bridgehead atoms. The van der Waals surface area contributed by atoms with Crippen LogP contribution in [0.5, 0.6) is 11.5 Å². The molecule has 1 aliphatic heterocycles. The van der Waals surface area contributed by atoms with Crippen LogP contribution >= 0.6 is 0 Å². The first-order chi connectivity index (χ1) is 12.3. The lowest BCUT2D eigenvalue weighted by Crippen LogP contribution is -2.41. The maximum atomic E-state index is 13.7. The molecule has 5 nitrogen and oxygen atoms in total. The first-order valence-electron chi connectivity index (χ1n) is 8.50. The molecular weight excluding hydrogens is 364 g/mol. The minimum atomic E-state index is -4.66. The number of carbonyl (C=O) groups excluding carboxylic acids is 1. The lowest BCUT2D eigenvalue weighted by molar-refractivity contribution is -0.138. The minimum Gasteiger partial charge on any atom is -0.493 e. The van der Waals surface area contributed by atoms with Gasteiger partial charge in [-0.25, -0.2) is 0 Å². The third-order valence-corrected chi connectivity index (χ3v) is 5.13. The number of halogens is 3. The standard InChI is InChI=1S/C18H24BF3O5/c1-16(2)17(3,4)27-19(26-16)15(18(20,21)22)10-12(23)11-7-8-13(24-5)14(9-11)25-6/h7-9,15H,10H2,1-6H3/t15-/m0/s1. The summed E-state index contributed by atoms with van der Waals surface area (Å²) in [5, 5.41) is 0. The van der Waals surface area contributed by atoms with Gasteiger partial charge in [0.15, 0.2) is 17.3 Å². The molecule has 0 aliphatic carbocycles. The number of hydrogen-bond donors (Lipinski definition) is 0. The Morgan fingerprint density at radius 2 is 1.59 bits per heavy atom. The number of alkyl halides is 3. The molecule has 0 N–H and O–H groups in total. The van der Waals surface area contributed by atoms with Gasteiger partial charge in [-0.1, -0.05) is 0 Å². The maximum Gasteiger partial charge on any atom is 0.470 e. The third-order valence-electron chi connectivity index (χ3n) is 5.13. The normalized spacial score (nSPS) is 19.7. The molecule has 1 aromatic rings. The van der Waals surface area contributed by atoms with Gasteiger partial charge in [0, 0.05) is 12.0 Å². The van der Waals surface area contributed by atoms with Crippen molar-refractivity contribution < 1.29 is 36.7 Å². The second kappa shape index (κ2) is 7.35. The Morgan fingerprint density at radius 1 is 1.07 bits per heavy atom. The van der Waals surface area contributed by atoms with E-state index in [1.807, 2.05) is 0 Å². The molecule has 0 amide bonds. The number of benzene rings is 1. The zero-order valence-electron chi connectivity index (χ0n) is 16.3. The summed E-state index contributed by atoms with van der Waals surface area (Å²) < 4.78 is 62.2. The third kappa shape index (κ3) is 4.40. The Balaban J connectivity index is 2.26. The summed E-state index contributed by atoms with van der Waals surface area (Å²) in [6.45, 7) is 6.65. The van der Waals surface area contributed by atoms with Gasteiger partial charge in [-0.2, -0.15) is 13.2 Å². The lowest BCUT2D eigenvalue weighted by atomic mass is 9.68. The van der Waals surface area contributed by atoms with Crippen molar-refractivity contribution in [2.75, 3.05) is 14.2 Å². The summed E-state index contributed by atoms with van der Waals surface area (Å²) in [5.41, 5.74) is -1.75. The summed E-state index contributed by atoms with van der Waals surface area (Å²) in [6.07, 6.45) is -5.46. The Bertz CT molecular complexity index is 687. The van der Waals surface area contributed by atoms with Crippen molar-refractivity contribution in [1.82, 2.24) is 0 Å². The van der Waals surface area contributed by atoms with Crippen LogP contribution in [-0.4, -0.2) is 44.5 Å². The summed E-state index contributed by atoms with van der Waals surface area (Å²) in [7, 11) is 1.26. The molecule has 0 radical (unpaired) electrons. The van der Waals surface area contributed by atoms with Gasteiger partial charge in [0.05, 0.1) is 31.2 Å². The van der Waals surface area contributed by atoms with Crippen LogP contribution in [0.2, 0.25) is 5.82 Å². The maximum absolute atomic E-state index is 13.7. The molecule has 0 aromatic heterocycles. The Hall–Kier alpha value is -1.74. The van der Waals surface area contributed by atoms with Gasteiger partial charge >= 0.3 is 13.3 Å². The average molecular weight is 388 g/mol. The number of Topliss-reactive ketones (excluding diaryl/α,β-unsaturated/α-hetero) is 1. The molecule has 1 aliphatic rings. The zero-order valence-corrected chi connectivity index (χ0v) is 16.3. The minimum absolute atomic E-state index is 0.0958. The van der Waals surface area contributed by atoms with E-state index in [1.54, 1.807) is 27.7 Å². The van der Waals surface area contributed by atoms with Crippen molar-refractivity contribution in [3.05, 3.63) is 23.8 Å². The van der Waals surface area contributed by atoms with Crippen LogP contribution in [0, 0.1) is 0 Å². The smallest absolute Gasteiger partial charge is 0.470 e. The molecule has 9 heteroatoms. The second-order valence-corrected chi connectivity index (χ2v) is 7.47. The summed E-state index contributed by atoms with van der Waals surface area (Å²) in [5.74, 6) is -2.12. The Labute approximate surface area is 157 Å². The molecule has 1 aromatic carbocycles. The predicted octanol–water partition coefficient (Wildman–Crippen LogP) is 4.30. The van der Waals surface area contributed by atoms with Crippen LogP contribution in [0.3, 0.4) is 0 Å². The van der Waals surface area contributed by atoms with E-state index in [0.29, 0.717) is 5.75 Å². The van der Waals surface area contributed by atoms with Crippen LogP contribution in [0.15, 0.2) is 18.2 Å². The first-order valence-corrected chi connectivity index (χ1v) is 8.50. The fourth-order valence-corrected chi connectivity index (χ4v) is 2.75. The molecular formula is C18H24BF3O5. The molecule has 0 unspecified atom stereocenters. The molecule has 1 fully saturated rings. The number of ether oxygens (including phenoxy) is 2. The van der Waals surface area contributed by atoms with E-state index < -0.39 is 42.5 Å². The molecule has 1 atom stereocenters. The van der Waals surface area contributed by atoms with E-state index >= 15 is 0 Å². The van der Waals surface area contributed by atoms with Crippen molar-refractivity contribution in [3.63, 3.8) is 0 Å². The summed E-state index contributed by atoms with van der Waals surface area (Å²) in [6, 6.07) is 4.24. The van der Waals surface area contributed by atoms with Crippen molar-refractivity contribution in [1.29, 1.82) is 0 Å². The number of carbonyl (C=O) groups is 1. The van der Waals surface area contributed by atoms with Gasteiger partial charge in [-0.15, -0.1) is 0 Å². The van der Waals surface area contributed by atoms with Gasteiger partial charge in [-0.3, -0.25) is 4.79 Å². The van der Waals surface area contributed by atoms with E-state index in [1.165, 1.54) is 32.4 Å². The van der Waals surface area contributed by atoms with E-state index in [9.17, 15) is 18.0 Å². The highest BCUT2D eigenvalue weighted by molar-refractivity contribution is 6.48. The number of methoxy groups -OCH3 is 2. The van der Waals surface area contributed by atoms with E-state index in [2.05, 4.69) is 0 Å². The van der Waals surface area contributed by atoms with Crippen molar-refractivity contribution in [2.24, 2.45) is 0 Å².